The molecule has 5 heterocycles. The quantitative estimate of drug-likeness (QED) is 0.162. The molecule has 6 heteroatoms. The van der Waals surface area contributed by atoms with Gasteiger partial charge in [-0.1, -0.05) is 122 Å². The molecule has 0 aliphatic rings. The molecule has 61 heavy (non-hydrogen) atoms. The molecule has 12 aromatic rings. The van der Waals surface area contributed by atoms with Crippen molar-refractivity contribution in [1.29, 1.82) is 0 Å². The van der Waals surface area contributed by atoms with E-state index in [9.17, 15) is 0 Å². The van der Waals surface area contributed by atoms with Gasteiger partial charge >= 0.3 is 0 Å². The van der Waals surface area contributed by atoms with Gasteiger partial charge in [0, 0.05) is 55.3 Å². The average molecular weight is 782 g/mol. The van der Waals surface area contributed by atoms with Crippen molar-refractivity contribution in [2.45, 2.75) is 0 Å². The number of aromatic nitrogens is 5. The highest BCUT2D eigenvalue weighted by atomic mass is 16.3. The monoisotopic (exact) mass is 781 g/mol. The second-order valence-electron chi connectivity index (χ2n) is 15.3. The van der Waals surface area contributed by atoms with Crippen LogP contribution in [0.4, 0.5) is 0 Å². The maximum absolute atomic E-state index is 6.42. The van der Waals surface area contributed by atoms with Gasteiger partial charge in [-0.2, -0.15) is 0 Å². The van der Waals surface area contributed by atoms with Gasteiger partial charge in [-0.05, 0) is 89.5 Å². The Morgan fingerprint density at radius 1 is 0.525 bits per heavy atom. The summed E-state index contributed by atoms with van der Waals surface area (Å²) in [6.07, 6.45) is 9.79. The molecule has 12 rings (SSSR count). The summed E-state index contributed by atoms with van der Waals surface area (Å²) in [7, 11) is 0. The molecule has 0 saturated carbocycles. The number of benzene rings is 7. The number of hydrogen-bond donors (Lipinski definition) is 0. The maximum Gasteiger partial charge on any atom is 0.138 e. The van der Waals surface area contributed by atoms with E-state index in [0.717, 1.165) is 94.5 Å². The first kappa shape index (κ1) is 34.7. The molecule has 0 saturated heterocycles. The van der Waals surface area contributed by atoms with Crippen molar-refractivity contribution < 1.29 is 4.42 Å². The van der Waals surface area contributed by atoms with E-state index >= 15 is 0 Å². The van der Waals surface area contributed by atoms with Crippen molar-refractivity contribution in [1.82, 2.24) is 24.1 Å². The lowest BCUT2D eigenvalue weighted by atomic mass is 10.0. The summed E-state index contributed by atoms with van der Waals surface area (Å²) in [5.74, 6) is 0.793. The second-order valence-corrected chi connectivity index (χ2v) is 15.3. The number of nitrogens with zero attached hydrogens (tertiary/aromatic N) is 5. The maximum atomic E-state index is 6.42. The molecule has 0 aliphatic carbocycles. The summed E-state index contributed by atoms with van der Waals surface area (Å²) in [5, 5.41) is 6.58. The first-order valence-corrected chi connectivity index (χ1v) is 20.4. The van der Waals surface area contributed by atoms with Crippen LogP contribution in [0.25, 0.3) is 118 Å². The predicted molar refractivity (Wildman–Crippen MR) is 252 cm³/mol. The summed E-state index contributed by atoms with van der Waals surface area (Å²) >= 11 is 0. The third kappa shape index (κ3) is 5.61. The molecular weight excluding hydrogens is 747 g/mol. The van der Waals surface area contributed by atoms with Gasteiger partial charge in [0.25, 0.3) is 0 Å². The minimum absolute atomic E-state index is 0.793. The number of rotatable bonds is 7. The molecule has 0 bridgehead atoms. The Kier molecular flexibility index (Phi) is 7.90. The van der Waals surface area contributed by atoms with Crippen molar-refractivity contribution in [3.8, 4) is 33.9 Å². The highest BCUT2D eigenvalue weighted by Gasteiger charge is 2.21. The third-order valence-corrected chi connectivity index (χ3v) is 11.9. The highest BCUT2D eigenvalue weighted by molar-refractivity contribution is 6.13. The molecule has 0 spiro atoms. The van der Waals surface area contributed by atoms with Crippen LogP contribution in [0.5, 0.6) is 0 Å². The van der Waals surface area contributed by atoms with Crippen molar-refractivity contribution in [3.63, 3.8) is 0 Å². The number of para-hydroxylation sites is 2. The first-order valence-electron chi connectivity index (χ1n) is 20.4. The van der Waals surface area contributed by atoms with Crippen molar-refractivity contribution in [2.75, 3.05) is 0 Å². The summed E-state index contributed by atoms with van der Waals surface area (Å²) < 4.78 is 11.0. The van der Waals surface area contributed by atoms with Gasteiger partial charge in [-0.3, -0.25) is 4.57 Å². The summed E-state index contributed by atoms with van der Waals surface area (Å²) in [5.41, 5.74) is 14.1. The lowest BCUT2D eigenvalue weighted by molar-refractivity contribution is 0.669. The molecule has 286 valence electrons. The second kappa shape index (κ2) is 13.9. The first-order chi connectivity index (χ1) is 30.2. The normalized spacial score (nSPS) is 11.9. The molecule has 0 fully saturated rings. The Bertz CT molecular complexity index is 3610. The largest absolute Gasteiger partial charge is 0.456 e. The van der Waals surface area contributed by atoms with Crippen LogP contribution >= 0.6 is 0 Å². The standard InChI is InChI=1S/C55H35N5O/c1-2-48-42(24-21-35-22-27-52-43(29-35)44-32-39(23-28-53(44)61-52)59-49-19-11-9-17-40(49)41-18-10-12-20-50(41)59)55-45-33-56-34-57-46(45)25-26-51(55)60(48)54-31-38(36-13-5-3-6-14-36)30-47(58-54)37-15-7-4-8-16-37/h2-34H,1H2. The molecule has 5 aromatic heterocycles. The van der Waals surface area contributed by atoms with Gasteiger partial charge in [0.15, 0.2) is 0 Å². The van der Waals surface area contributed by atoms with Crippen LogP contribution in [0.3, 0.4) is 0 Å². The van der Waals surface area contributed by atoms with Gasteiger partial charge in [-0.25, -0.2) is 15.0 Å². The molecule has 7 aromatic carbocycles. The number of pyridine rings is 1. The fourth-order valence-electron chi connectivity index (χ4n) is 9.10. The molecule has 0 N–H and O–H groups in total. The van der Waals surface area contributed by atoms with Gasteiger partial charge in [0.2, 0.25) is 0 Å². The van der Waals surface area contributed by atoms with E-state index in [-0.39, 0.29) is 0 Å². The lowest BCUT2D eigenvalue weighted by Gasteiger charge is -2.13. The Labute approximate surface area is 350 Å². The molecule has 0 radical (unpaired) electrons. The molecule has 0 unspecified atom stereocenters. The van der Waals surface area contributed by atoms with Gasteiger partial charge in [0.05, 0.1) is 33.5 Å². The zero-order chi connectivity index (χ0) is 40.4. The highest BCUT2D eigenvalue weighted by Crippen LogP contribution is 2.39. The van der Waals surface area contributed by atoms with E-state index in [1.54, 1.807) is 6.33 Å². The van der Waals surface area contributed by atoms with Crippen molar-refractivity contribution in [3.05, 3.63) is 206 Å². The molecule has 0 amide bonds. The minimum Gasteiger partial charge on any atom is -0.456 e. The summed E-state index contributed by atoms with van der Waals surface area (Å²) in [6.45, 7) is 4.38. The Balaban J connectivity index is 1.03. The van der Waals surface area contributed by atoms with Crippen molar-refractivity contribution >= 4 is 83.8 Å². The van der Waals surface area contributed by atoms with Gasteiger partial charge in [-0.15, -0.1) is 0 Å². The lowest BCUT2D eigenvalue weighted by Crippen LogP contribution is -2.02. The Hall–Kier alpha value is -8.35. The van der Waals surface area contributed by atoms with Crippen LogP contribution in [0, 0.1) is 0 Å². The zero-order valence-corrected chi connectivity index (χ0v) is 32.9. The Morgan fingerprint density at radius 2 is 1.21 bits per heavy atom. The number of fused-ring (bicyclic) bond motifs is 9. The number of hydrogen-bond acceptors (Lipinski definition) is 4. The van der Waals surface area contributed by atoms with E-state index in [0.29, 0.717) is 0 Å². The van der Waals surface area contributed by atoms with E-state index in [2.05, 4.69) is 196 Å². The smallest absolute Gasteiger partial charge is 0.138 e. The Morgan fingerprint density at radius 3 is 1.97 bits per heavy atom. The van der Waals surface area contributed by atoms with Crippen molar-refractivity contribution in [2.24, 2.45) is 0 Å². The third-order valence-electron chi connectivity index (χ3n) is 11.9. The van der Waals surface area contributed by atoms with Crippen LogP contribution in [-0.4, -0.2) is 24.1 Å². The van der Waals surface area contributed by atoms with E-state index in [1.165, 1.54) is 21.8 Å². The summed E-state index contributed by atoms with van der Waals surface area (Å²) in [4.78, 5) is 14.5. The minimum atomic E-state index is 0.793. The zero-order valence-electron chi connectivity index (χ0n) is 32.9. The van der Waals surface area contributed by atoms with Crippen LogP contribution in [0.15, 0.2) is 193 Å². The molecule has 6 nitrogen and oxygen atoms in total. The number of furan rings is 1. The van der Waals surface area contributed by atoms with E-state index in [4.69, 9.17) is 9.40 Å². The summed E-state index contributed by atoms with van der Waals surface area (Å²) in [6, 6.07) is 59.4. The fraction of sp³-hybridized carbons (Fsp3) is 0. The SMILES string of the molecule is C=Cc1c(C=Cc2ccc3oc4ccc(-n5c6ccccc6c6ccccc65)cc4c3c2)c2c3cncnc3ccc2n1-c1cc(-c2ccccc2)cc(-c2ccccc2)n1. The molecule has 0 aliphatic heterocycles. The topological polar surface area (TPSA) is 61.7 Å². The molecule has 0 atom stereocenters. The van der Waals surface area contributed by atoms with Crippen LogP contribution < -0.4 is 0 Å². The van der Waals surface area contributed by atoms with Gasteiger partial charge in [0.1, 0.15) is 23.3 Å². The van der Waals surface area contributed by atoms with Crippen LogP contribution in [0.2, 0.25) is 0 Å². The van der Waals surface area contributed by atoms with E-state index in [1.807, 2.05) is 24.4 Å². The fourth-order valence-corrected chi connectivity index (χ4v) is 9.10. The average Bonchev–Trinajstić information content (AvgIpc) is 3.98. The van der Waals surface area contributed by atoms with Crippen LogP contribution in [0.1, 0.15) is 16.8 Å². The van der Waals surface area contributed by atoms with Crippen LogP contribution in [-0.2, 0) is 0 Å². The predicted octanol–water partition coefficient (Wildman–Crippen LogP) is 14.1. The van der Waals surface area contributed by atoms with Gasteiger partial charge < -0.3 is 8.98 Å². The molecular formula is C55H35N5O. The van der Waals surface area contributed by atoms with E-state index < -0.39 is 0 Å².